The average molecular weight is 297 g/mol. The summed E-state index contributed by atoms with van der Waals surface area (Å²) in [5.74, 6) is -0.750. The first kappa shape index (κ1) is 16.1. The largest absolute Gasteiger partial charge is 0.481 e. The molecule has 0 bridgehead atoms. The molecular formula is C16H27NO4. The van der Waals surface area contributed by atoms with Crippen molar-refractivity contribution in [2.24, 2.45) is 5.41 Å². The van der Waals surface area contributed by atoms with Crippen LogP contribution in [0.15, 0.2) is 0 Å². The topological polar surface area (TPSA) is 66.8 Å². The maximum absolute atomic E-state index is 12.5. The maximum atomic E-state index is 12.5. The Morgan fingerprint density at radius 1 is 1.14 bits per heavy atom. The van der Waals surface area contributed by atoms with E-state index in [0.29, 0.717) is 19.4 Å². The molecule has 1 saturated carbocycles. The van der Waals surface area contributed by atoms with Crippen LogP contribution >= 0.6 is 0 Å². The first-order chi connectivity index (χ1) is 9.76. The second kappa shape index (κ2) is 5.85. The number of amides is 1. The van der Waals surface area contributed by atoms with Crippen molar-refractivity contribution in [3.05, 3.63) is 0 Å². The van der Waals surface area contributed by atoms with Crippen molar-refractivity contribution in [2.75, 3.05) is 6.54 Å². The molecule has 0 aromatic heterocycles. The van der Waals surface area contributed by atoms with Gasteiger partial charge in [-0.05, 0) is 52.9 Å². The van der Waals surface area contributed by atoms with Crippen LogP contribution in [-0.4, -0.2) is 40.3 Å². The lowest BCUT2D eigenvalue weighted by Gasteiger charge is -2.44. The van der Waals surface area contributed by atoms with Crippen molar-refractivity contribution in [1.82, 2.24) is 4.90 Å². The molecule has 120 valence electrons. The summed E-state index contributed by atoms with van der Waals surface area (Å²) in [6.07, 6.45) is 5.53. The monoisotopic (exact) mass is 297 g/mol. The van der Waals surface area contributed by atoms with Crippen LogP contribution in [0.3, 0.4) is 0 Å². The fourth-order valence-electron chi connectivity index (χ4n) is 3.74. The van der Waals surface area contributed by atoms with Gasteiger partial charge in [-0.25, -0.2) is 4.79 Å². The third-order valence-electron chi connectivity index (χ3n) is 4.69. The number of rotatable bonds is 2. The van der Waals surface area contributed by atoms with Crippen molar-refractivity contribution in [1.29, 1.82) is 0 Å². The maximum Gasteiger partial charge on any atom is 0.410 e. The number of carbonyl (C=O) groups excluding carboxylic acids is 1. The Morgan fingerprint density at radius 2 is 1.76 bits per heavy atom. The standard InChI is InChI=1S/C16H27NO4/c1-15(2,3)21-14(20)17-11-7-4-8-12(17)16(13(18)19)9-5-6-10-16/h12H,4-11H2,1-3H3,(H,18,19). The molecule has 0 aromatic carbocycles. The molecule has 1 unspecified atom stereocenters. The Bertz CT molecular complexity index is 407. The second-order valence-electron chi connectivity index (χ2n) is 7.35. The molecule has 1 saturated heterocycles. The Morgan fingerprint density at radius 3 is 2.29 bits per heavy atom. The highest BCUT2D eigenvalue weighted by Crippen LogP contribution is 2.46. The van der Waals surface area contributed by atoms with Crippen molar-refractivity contribution in [2.45, 2.75) is 77.4 Å². The molecule has 1 aliphatic heterocycles. The molecule has 2 rings (SSSR count). The fraction of sp³-hybridized carbons (Fsp3) is 0.875. The smallest absolute Gasteiger partial charge is 0.410 e. The van der Waals surface area contributed by atoms with Crippen LogP contribution < -0.4 is 0 Å². The lowest BCUT2D eigenvalue weighted by molar-refractivity contribution is -0.154. The molecule has 2 fully saturated rings. The van der Waals surface area contributed by atoms with Crippen LogP contribution in [0, 0.1) is 5.41 Å². The van der Waals surface area contributed by atoms with Crippen molar-refractivity contribution >= 4 is 12.1 Å². The predicted molar refractivity (Wildman–Crippen MR) is 79.1 cm³/mol. The number of hydrogen-bond donors (Lipinski definition) is 1. The van der Waals surface area contributed by atoms with Crippen LogP contribution in [0.5, 0.6) is 0 Å². The number of ether oxygens (including phenoxy) is 1. The molecule has 1 heterocycles. The molecule has 1 N–H and O–H groups in total. The molecule has 0 aromatic rings. The Balaban J connectivity index is 2.22. The first-order valence-corrected chi connectivity index (χ1v) is 7.99. The number of carboxylic acid groups (broad SMARTS) is 1. The van der Waals surface area contributed by atoms with Crippen LogP contribution in [0.1, 0.15) is 65.7 Å². The number of carboxylic acids is 1. The summed E-state index contributed by atoms with van der Waals surface area (Å²) in [5.41, 5.74) is -1.32. The van der Waals surface area contributed by atoms with Gasteiger partial charge in [0, 0.05) is 6.54 Å². The van der Waals surface area contributed by atoms with Crippen molar-refractivity contribution < 1.29 is 19.4 Å². The highest BCUT2D eigenvalue weighted by molar-refractivity contribution is 5.78. The number of likely N-dealkylation sites (tertiary alicyclic amines) is 1. The minimum Gasteiger partial charge on any atom is -0.481 e. The fourth-order valence-corrected chi connectivity index (χ4v) is 3.74. The van der Waals surface area contributed by atoms with E-state index in [-0.39, 0.29) is 12.1 Å². The van der Waals surface area contributed by atoms with Gasteiger partial charge in [0.05, 0.1) is 11.5 Å². The zero-order valence-electron chi connectivity index (χ0n) is 13.4. The highest BCUT2D eigenvalue weighted by Gasteiger charge is 2.52. The molecule has 5 heteroatoms. The summed E-state index contributed by atoms with van der Waals surface area (Å²) in [6.45, 7) is 6.12. The molecule has 1 aliphatic carbocycles. The minimum atomic E-state index is -0.767. The number of piperidine rings is 1. The number of aliphatic carboxylic acids is 1. The zero-order valence-corrected chi connectivity index (χ0v) is 13.4. The average Bonchev–Trinajstić information content (AvgIpc) is 2.87. The lowest BCUT2D eigenvalue weighted by atomic mass is 9.74. The van der Waals surface area contributed by atoms with E-state index in [2.05, 4.69) is 0 Å². The summed E-state index contributed by atoms with van der Waals surface area (Å²) >= 11 is 0. The summed E-state index contributed by atoms with van der Waals surface area (Å²) in [4.78, 5) is 26.0. The van der Waals surface area contributed by atoms with E-state index in [1.807, 2.05) is 20.8 Å². The van der Waals surface area contributed by atoms with Crippen LogP contribution in [0.4, 0.5) is 4.79 Å². The lowest BCUT2D eigenvalue weighted by Crippen LogP contribution is -2.56. The Labute approximate surface area is 126 Å². The third-order valence-corrected chi connectivity index (χ3v) is 4.69. The number of nitrogens with zero attached hydrogens (tertiary/aromatic N) is 1. The molecule has 0 spiro atoms. The Hall–Kier alpha value is -1.26. The summed E-state index contributed by atoms with van der Waals surface area (Å²) < 4.78 is 5.49. The highest BCUT2D eigenvalue weighted by atomic mass is 16.6. The van der Waals surface area contributed by atoms with E-state index >= 15 is 0 Å². The third kappa shape index (κ3) is 3.33. The van der Waals surface area contributed by atoms with E-state index < -0.39 is 17.0 Å². The van der Waals surface area contributed by atoms with Gasteiger partial charge in [-0.3, -0.25) is 4.79 Å². The van der Waals surface area contributed by atoms with Gasteiger partial charge in [-0.1, -0.05) is 12.8 Å². The summed E-state index contributed by atoms with van der Waals surface area (Å²) in [5, 5.41) is 9.77. The number of carbonyl (C=O) groups is 2. The van der Waals surface area contributed by atoms with Gasteiger partial charge in [0.15, 0.2) is 0 Å². The van der Waals surface area contributed by atoms with Gasteiger partial charge in [0.25, 0.3) is 0 Å². The molecule has 1 amide bonds. The quantitative estimate of drug-likeness (QED) is 0.848. The van der Waals surface area contributed by atoms with Gasteiger partial charge >= 0.3 is 12.1 Å². The van der Waals surface area contributed by atoms with Crippen LogP contribution in [-0.2, 0) is 9.53 Å². The van der Waals surface area contributed by atoms with E-state index in [1.165, 1.54) is 0 Å². The van der Waals surface area contributed by atoms with Gasteiger partial charge in [0.2, 0.25) is 0 Å². The van der Waals surface area contributed by atoms with Gasteiger partial charge < -0.3 is 14.7 Å². The molecule has 21 heavy (non-hydrogen) atoms. The SMILES string of the molecule is CC(C)(C)OC(=O)N1CCCCC1C1(C(=O)O)CCCC1. The molecular weight excluding hydrogens is 270 g/mol. The van der Waals surface area contributed by atoms with Crippen molar-refractivity contribution in [3.63, 3.8) is 0 Å². The number of hydrogen-bond acceptors (Lipinski definition) is 3. The summed E-state index contributed by atoms with van der Waals surface area (Å²) in [7, 11) is 0. The van der Waals surface area contributed by atoms with E-state index in [4.69, 9.17) is 4.74 Å². The Kier molecular flexibility index (Phi) is 4.49. The molecule has 5 nitrogen and oxygen atoms in total. The van der Waals surface area contributed by atoms with Crippen LogP contribution in [0.2, 0.25) is 0 Å². The normalized spacial score (nSPS) is 25.7. The molecule has 1 atom stereocenters. The van der Waals surface area contributed by atoms with Gasteiger partial charge in [-0.2, -0.15) is 0 Å². The summed E-state index contributed by atoms with van der Waals surface area (Å²) in [6, 6.07) is -0.221. The van der Waals surface area contributed by atoms with Gasteiger partial charge in [-0.15, -0.1) is 0 Å². The minimum absolute atomic E-state index is 0.221. The predicted octanol–water partition coefficient (Wildman–Crippen LogP) is 3.42. The second-order valence-corrected chi connectivity index (χ2v) is 7.35. The first-order valence-electron chi connectivity index (χ1n) is 7.99. The molecule has 2 aliphatic rings. The molecule has 0 radical (unpaired) electrons. The van der Waals surface area contributed by atoms with Crippen molar-refractivity contribution in [3.8, 4) is 0 Å². The van der Waals surface area contributed by atoms with Crippen LogP contribution in [0.25, 0.3) is 0 Å². The van der Waals surface area contributed by atoms with E-state index in [0.717, 1.165) is 32.1 Å². The zero-order chi connectivity index (χ0) is 15.7. The van der Waals surface area contributed by atoms with Gasteiger partial charge in [0.1, 0.15) is 5.60 Å². The van der Waals surface area contributed by atoms with E-state index in [1.54, 1.807) is 4.90 Å². The van der Waals surface area contributed by atoms with E-state index in [9.17, 15) is 14.7 Å².